The molecule has 0 spiro atoms. The van der Waals surface area contributed by atoms with Crippen molar-refractivity contribution in [2.45, 2.75) is 12.5 Å². The summed E-state index contributed by atoms with van der Waals surface area (Å²) in [5.74, 6) is -1.47. The first kappa shape index (κ1) is 14.2. The van der Waals surface area contributed by atoms with Crippen LogP contribution >= 0.6 is 0 Å². The number of nitrogens with zero attached hydrogens (tertiary/aromatic N) is 1. The maximum Gasteiger partial charge on any atom is 0.328 e. The van der Waals surface area contributed by atoms with Gasteiger partial charge < -0.3 is 21.1 Å². The number of carbonyl (C=O) groups is 3. The molecular weight excluding hydrogens is 240 g/mol. The smallest absolute Gasteiger partial charge is 0.328 e. The minimum Gasteiger partial charge on any atom is -0.480 e. The average molecular weight is 258 g/mol. The zero-order valence-electron chi connectivity index (χ0n) is 10.2. The number of aliphatic carboxylic acids is 1. The van der Waals surface area contributed by atoms with Crippen LogP contribution in [-0.2, 0) is 9.59 Å². The van der Waals surface area contributed by atoms with Crippen molar-refractivity contribution >= 4 is 17.9 Å². The molecule has 1 rings (SSSR count). The molecule has 0 aromatic rings. The maximum atomic E-state index is 11.8. The molecule has 1 aliphatic rings. The molecule has 4 N–H and O–H groups in total. The molecule has 1 saturated heterocycles. The van der Waals surface area contributed by atoms with Gasteiger partial charge in [0.2, 0.25) is 5.91 Å². The molecule has 0 radical (unpaired) electrons. The van der Waals surface area contributed by atoms with E-state index in [1.165, 1.54) is 0 Å². The van der Waals surface area contributed by atoms with Crippen LogP contribution < -0.4 is 16.0 Å². The van der Waals surface area contributed by atoms with Crippen molar-refractivity contribution in [2.24, 2.45) is 0 Å². The van der Waals surface area contributed by atoms with Crippen molar-refractivity contribution < 1.29 is 19.5 Å². The number of urea groups is 1. The normalized spacial score (nSPS) is 19.3. The van der Waals surface area contributed by atoms with E-state index >= 15 is 0 Å². The second kappa shape index (κ2) is 6.80. The zero-order valence-corrected chi connectivity index (χ0v) is 10.2. The molecule has 1 heterocycles. The first-order chi connectivity index (χ1) is 8.56. The predicted octanol–water partition coefficient (Wildman–Crippen LogP) is -1.81. The summed E-state index contributed by atoms with van der Waals surface area (Å²) in [7, 11) is 1.80. The van der Waals surface area contributed by atoms with Gasteiger partial charge in [0.1, 0.15) is 12.6 Å². The lowest BCUT2D eigenvalue weighted by atomic mass is 10.2. The Labute approximate surface area is 105 Å². The lowest BCUT2D eigenvalue weighted by Crippen LogP contribution is -2.61. The van der Waals surface area contributed by atoms with E-state index in [0.717, 1.165) is 17.9 Å². The largest absolute Gasteiger partial charge is 0.480 e. The lowest BCUT2D eigenvalue weighted by Gasteiger charge is -2.32. The van der Waals surface area contributed by atoms with Gasteiger partial charge >= 0.3 is 12.0 Å². The fraction of sp³-hybridized carbons (Fsp3) is 0.700. The molecule has 1 atom stereocenters. The highest BCUT2D eigenvalue weighted by atomic mass is 16.4. The van der Waals surface area contributed by atoms with Crippen LogP contribution in [-0.4, -0.2) is 67.2 Å². The third kappa shape index (κ3) is 3.88. The minimum absolute atomic E-state index is 0.0574. The van der Waals surface area contributed by atoms with E-state index < -0.39 is 18.0 Å². The molecule has 1 aliphatic heterocycles. The zero-order chi connectivity index (χ0) is 13.5. The van der Waals surface area contributed by atoms with E-state index in [-0.39, 0.29) is 19.0 Å². The summed E-state index contributed by atoms with van der Waals surface area (Å²) >= 11 is 0. The van der Waals surface area contributed by atoms with E-state index in [1.54, 1.807) is 7.05 Å². The van der Waals surface area contributed by atoms with Crippen molar-refractivity contribution in [3.05, 3.63) is 0 Å². The van der Waals surface area contributed by atoms with Crippen molar-refractivity contribution in [2.75, 3.05) is 33.2 Å². The summed E-state index contributed by atoms with van der Waals surface area (Å²) < 4.78 is 0. The van der Waals surface area contributed by atoms with E-state index in [2.05, 4.69) is 16.0 Å². The number of amides is 3. The topological polar surface area (TPSA) is 111 Å². The molecule has 0 saturated carbocycles. The van der Waals surface area contributed by atoms with Crippen molar-refractivity contribution in [3.63, 3.8) is 0 Å². The quantitative estimate of drug-likeness (QED) is 0.434. The number of hydrogen-bond donors (Lipinski definition) is 4. The molecule has 1 unspecified atom stereocenters. The fourth-order valence-corrected chi connectivity index (χ4v) is 1.64. The Balaban J connectivity index is 2.50. The van der Waals surface area contributed by atoms with Crippen molar-refractivity contribution in [1.29, 1.82) is 0 Å². The fourth-order valence-electron chi connectivity index (χ4n) is 1.64. The van der Waals surface area contributed by atoms with Gasteiger partial charge in [-0.1, -0.05) is 0 Å². The monoisotopic (exact) mass is 258 g/mol. The Bertz CT molecular complexity index is 334. The van der Waals surface area contributed by atoms with Gasteiger partial charge in [-0.2, -0.15) is 0 Å². The average Bonchev–Trinajstić information content (AvgIpc) is 2.34. The summed E-state index contributed by atoms with van der Waals surface area (Å²) in [6, 6.07) is -1.53. The molecule has 0 aliphatic carbocycles. The molecular formula is C10H18N4O4. The Hall–Kier alpha value is -1.83. The summed E-state index contributed by atoms with van der Waals surface area (Å²) in [5.41, 5.74) is 0. The Morgan fingerprint density at radius 3 is 2.83 bits per heavy atom. The van der Waals surface area contributed by atoms with Gasteiger partial charge in [0.25, 0.3) is 0 Å². The number of hydrogen-bond acceptors (Lipinski definition) is 4. The molecule has 102 valence electrons. The first-order valence-corrected chi connectivity index (χ1v) is 5.75. The molecule has 18 heavy (non-hydrogen) atoms. The van der Waals surface area contributed by atoms with Gasteiger partial charge in [-0.15, -0.1) is 0 Å². The molecule has 3 amide bonds. The second-order valence-electron chi connectivity index (χ2n) is 3.98. The van der Waals surface area contributed by atoms with E-state index in [1.807, 2.05) is 0 Å². The maximum absolute atomic E-state index is 11.8. The first-order valence-electron chi connectivity index (χ1n) is 5.75. The van der Waals surface area contributed by atoms with Crippen LogP contribution in [0.25, 0.3) is 0 Å². The number of rotatable bonds is 5. The molecule has 0 aromatic heterocycles. The third-order valence-corrected chi connectivity index (χ3v) is 2.61. The van der Waals surface area contributed by atoms with E-state index in [9.17, 15) is 14.4 Å². The Morgan fingerprint density at radius 1 is 1.50 bits per heavy atom. The number of carbonyl (C=O) groups excluding carboxylic acids is 2. The van der Waals surface area contributed by atoms with Gasteiger partial charge in [0, 0.05) is 13.1 Å². The SMILES string of the molecule is CNCCCNC(=O)N1CC(=O)NCC1C(=O)O. The van der Waals surface area contributed by atoms with Crippen LogP contribution in [0.4, 0.5) is 4.79 Å². The van der Waals surface area contributed by atoms with Crippen molar-refractivity contribution in [1.82, 2.24) is 20.9 Å². The standard InChI is InChI=1S/C10H18N4O4/c1-11-3-2-4-12-10(18)14-6-8(15)13-5-7(14)9(16)17/h7,11H,2-6H2,1H3,(H,12,18)(H,13,15)(H,16,17). The van der Waals surface area contributed by atoms with Crippen molar-refractivity contribution in [3.8, 4) is 0 Å². The number of piperazine rings is 1. The number of carboxylic acids is 1. The Morgan fingerprint density at radius 2 is 2.22 bits per heavy atom. The summed E-state index contributed by atoms with van der Waals surface area (Å²) in [6.45, 7) is 0.903. The molecule has 8 nitrogen and oxygen atoms in total. The molecule has 0 bridgehead atoms. The highest BCUT2D eigenvalue weighted by molar-refractivity contribution is 5.90. The van der Waals surface area contributed by atoms with Gasteiger partial charge in [0.15, 0.2) is 0 Å². The number of nitrogens with one attached hydrogen (secondary N) is 3. The summed E-state index contributed by atoms with van der Waals surface area (Å²) in [4.78, 5) is 35.0. The molecule has 0 aromatic carbocycles. The third-order valence-electron chi connectivity index (χ3n) is 2.61. The highest BCUT2D eigenvalue weighted by Crippen LogP contribution is 2.04. The van der Waals surface area contributed by atoms with Gasteiger partial charge in [-0.05, 0) is 20.0 Å². The van der Waals surface area contributed by atoms with Gasteiger partial charge in [-0.3, -0.25) is 9.69 Å². The lowest BCUT2D eigenvalue weighted by molar-refractivity contribution is -0.144. The number of carboxylic acid groups (broad SMARTS) is 1. The molecule has 8 heteroatoms. The van der Waals surface area contributed by atoms with E-state index in [4.69, 9.17) is 5.11 Å². The van der Waals surface area contributed by atoms with Gasteiger partial charge in [0.05, 0.1) is 0 Å². The van der Waals surface area contributed by atoms with Crippen LogP contribution in [0, 0.1) is 0 Å². The molecule has 1 fully saturated rings. The van der Waals surface area contributed by atoms with Gasteiger partial charge in [-0.25, -0.2) is 9.59 Å². The predicted molar refractivity (Wildman–Crippen MR) is 63.1 cm³/mol. The van der Waals surface area contributed by atoms with Crippen LogP contribution in [0.2, 0.25) is 0 Å². The Kier molecular flexibility index (Phi) is 5.37. The van der Waals surface area contributed by atoms with Crippen LogP contribution in [0.15, 0.2) is 0 Å². The summed E-state index contributed by atoms with van der Waals surface area (Å²) in [5, 5.41) is 16.9. The van der Waals surface area contributed by atoms with E-state index in [0.29, 0.717) is 6.54 Å². The van der Waals surface area contributed by atoms with Crippen LogP contribution in [0.3, 0.4) is 0 Å². The minimum atomic E-state index is -1.12. The summed E-state index contributed by atoms with van der Waals surface area (Å²) in [6.07, 6.45) is 0.736. The van der Waals surface area contributed by atoms with Crippen LogP contribution in [0.5, 0.6) is 0 Å². The second-order valence-corrected chi connectivity index (χ2v) is 3.98. The van der Waals surface area contributed by atoms with Crippen LogP contribution in [0.1, 0.15) is 6.42 Å². The highest BCUT2D eigenvalue weighted by Gasteiger charge is 2.34.